The molecule has 0 bridgehead atoms. The lowest BCUT2D eigenvalue weighted by Crippen LogP contribution is -2.48. The molecule has 1 aromatic heterocycles. The summed E-state index contributed by atoms with van der Waals surface area (Å²) in [5.74, 6) is -0.486. The molecule has 12 nitrogen and oxygen atoms in total. The van der Waals surface area contributed by atoms with Crippen LogP contribution in [0.3, 0.4) is 0 Å². The summed E-state index contributed by atoms with van der Waals surface area (Å²) < 4.78 is 39.0. The van der Waals surface area contributed by atoms with E-state index >= 15 is 0 Å². The Morgan fingerprint density at radius 2 is 1.62 bits per heavy atom. The Bertz CT molecular complexity index is 2130. The van der Waals surface area contributed by atoms with E-state index in [0.717, 1.165) is 71.2 Å². The quantitative estimate of drug-likeness (QED) is 0.183. The molecule has 13 heteroatoms. The zero-order valence-corrected chi connectivity index (χ0v) is 31.1. The standard InChI is InChI=1S/C40H46N4O8S/c1-51-40(48)29-12-16-33-35(24-29)44(25-37(46)47)39(38(33)27-7-4-3-5-8-27)28-10-14-32(15-11-28)52-26-30-23-31(43-18-6-9-36(43)45)13-17-34(30)41-19-21-42(22-20-41)53(2,49)50/h10-17,23-24,27H,3-9,18-22,25-26H2,1-2H3,(H,46,47). The summed E-state index contributed by atoms with van der Waals surface area (Å²) in [6.07, 6.45) is 7.96. The van der Waals surface area contributed by atoms with Crippen LogP contribution in [-0.2, 0) is 37.5 Å². The Balaban J connectivity index is 1.21. The van der Waals surface area contributed by atoms with Gasteiger partial charge in [-0.15, -0.1) is 0 Å². The van der Waals surface area contributed by atoms with Crippen LogP contribution < -0.4 is 14.5 Å². The first-order chi connectivity index (χ1) is 25.5. The second-order valence-electron chi connectivity index (χ2n) is 14.2. The van der Waals surface area contributed by atoms with Gasteiger partial charge in [-0.3, -0.25) is 9.59 Å². The van der Waals surface area contributed by atoms with E-state index in [4.69, 9.17) is 9.47 Å². The average Bonchev–Trinajstić information content (AvgIpc) is 3.74. The number of amides is 1. The Morgan fingerprint density at radius 1 is 0.887 bits per heavy atom. The maximum atomic E-state index is 12.6. The molecule has 4 aromatic rings. The molecule has 0 radical (unpaired) electrons. The summed E-state index contributed by atoms with van der Waals surface area (Å²) in [5, 5.41) is 11.0. The summed E-state index contributed by atoms with van der Waals surface area (Å²) in [6, 6.07) is 19.1. The molecule has 1 amide bonds. The number of sulfonamides is 1. The van der Waals surface area contributed by atoms with Gasteiger partial charge in [-0.1, -0.05) is 25.3 Å². The summed E-state index contributed by atoms with van der Waals surface area (Å²) in [4.78, 5) is 41.4. The van der Waals surface area contributed by atoms with Crippen LogP contribution in [0.5, 0.6) is 5.75 Å². The normalized spacial score (nSPS) is 17.4. The molecular weight excluding hydrogens is 697 g/mol. The third-order valence-corrected chi connectivity index (χ3v) is 12.2. The molecule has 1 saturated carbocycles. The highest BCUT2D eigenvalue weighted by Crippen LogP contribution is 2.45. The summed E-state index contributed by atoms with van der Waals surface area (Å²) >= 11 is 0. The van der Waals surface area contributed by atoms with Crippen LogP contribution in [0, 0.1) is 0 Å². The van der Waals surface area contributed by atoms with Gasteiger partial charge >= 0.3 is 11.9 Å². The lowest BCUT2D eigenvalue weighted by molar-refractivity contribution is -0.137. The molecular formula is C40H46N4O8S. The van der Waals surface area contributed by atoms with Crippen molar-refractivity contribution in [2.75, 3.05) is 55.9 Å². The number of piperazine rings is 1. The van der Waals surface area contributed by atoms with Gasteiger partial charge < -0.3 is 28.9 Å². The topological polar surface area (TPSA) is 139 Å². The molecule has 2 aliphatic heterocycles. The van der Waals surface area contributed by atoms with E-state index in [1.54, 1.807) is 17.0 Å². The van der Waals surface area contributed by atoms with Crippen LogP contribution in [0.2, 0.25) is 0 Å². The Labute approximate surface area is 309 Å². The number of carbonyl (C=O) groups excluding carboxylic acids is 2. The molecule has 2 saturated heterocycles. The number of carboxylic acid groups (broad SMARTS) is 1. The SMILES string of the molecule is COC(=O)c1ccc2c(C3CCCCC3)c(-c3ccc(OCc4cc(N5CCCC5=O)ccc4N4CCN(S(C)(=O)=O)CC4)cc3)n(CC(=O)O)c2c1. The summed E-state index contributed by atoms with van der Waals surface area (Å²) in [5.41, 5.74) is 6.50. The summed E-state index contributed by atoms with van der Waals surface area (Å²) in [6.45, 7) is 2.46. The van der Waals surface area contributed by atoms with Gasteiger partial charge in [0.2, 0.25) is 15.9 Å². The van der Waals surface area contributed by atoms with Crippen LogP contribution in [0.1, 0.15) is 72.3 Å². The van der Waals surface area contributed by atoms with Crippen molar-refractivity contribution in [3.05, 3.63) is 77.4 Å². The Morgan fingerprint density at radius 3 is 2.26 bits per heavy atom. The number of aromatic nitrogens is 1. The van der Waals surface area contributed by atoms with Crippen LogP contribution in [0.4, 0.5) is 11.4 Å². The number of anilines is 2. The number of carbonyl (C=O) groups is 3. The van der Waals surface area contributed by atoms with Gasteiger partial charge in [-0.05, 0) is 90.9 Å². The van der Waals surface area contributed by atoms with Crippen LogP contribution in [0.15, 0.2) is 60.7 Å². The van der Waals surface area contributed by atoms with E-state index in [1.165, 1.54) is 24.1 Å². The monoisotopic (exact) mass is 742 g/mol. The number of methoxy groups -OCH3 is 1. The third-order valence-electron chi connectivity index (χ3n) is 10.9. The highest BCUT2D eigenvalue weighted by atomic mass is 32.2. The van der Waals surface area contributed by atoms with Crippen molar-refractivity contribution in [3.63, 3.8) is 0 Å². The fourth-order valence-electron chi connectivity index (χ4n) is 8.25. The van der Waals surface area contributed by atoms with Crippen LogP contribution in [-0.4, -0.2) is 86.3 Å². The van der Waals surface area contributed by atoms with Crippen molar-refractivity contribution in [3.8, 4) is 17.0 Å². The fraction of sp³-hybridized carbons (Fsp3) is 0.425. The van der Waals surface area contributed by atoms with Gasteiger partial charge in [0.25, 0.3) is 0 Å². The maximum absolute atomic E-state index is 12.6. The largest absolute Gasteiger partial charge is 0.489 e. The predicted octanol–water partition coefficient (Wildman–Crippen LogP) is 6.01. The van der Waals surface area contributed by atoms with E-state index in [2.05, 4.69) is 4.90 Å². The first kappa shape index (κ1) is 36.5. The first-order valence-corrected chi connectivity index (χ1v) is 20.2. The Kier molecular flexibility index (Phi) is 10.5. The number of benzene rings is 3. The van der Waals surface area contributed by atoms with E-state index in [9.17, 15) is 27.9 Å². The van der Waals surface area contributed by atoms with Crippen molar-refractivity contribution in [1.29, 1.82) is 0 Å². The van der Waals surface area contributed by atoms with Crippen LogP contribution in [0.25, 0.3) is 22.2 Å². The van der Waals surface area contributed by atoms with E-state index in [-0.39, 0.29) is 25.0 Å². The second kappa shape index (κ2) is 15.2. The van der Waals surface area contributed by atoms with Crippen molar-refractivity contribution in [2.45, 2.75) is 64.0 Å². The van der Waals surface area contributed by atoms with Gasteiger partial charge in [0.05, 0.1) is 30.1 Å². The maximum Gasteiger partial charge on any atom is 0.337 e. The highest BCUT2D eigenvalue weighted by Gasteiger charge is 2.29. The highest BCUT2D eigenvalue weighted by molar-refractivity contribution is 7.88. The first-order valence-electron chi connectivity index (χ1n) is 18.3. The minimum absolute atomic E-state index is 0.0939. The molecule has 7 rings (SSSR count). The zero-order valence-electron chi connectivity index (χ0n) is 30.3. The van der Waals surface area contributed by atoms with E-state index in [1.807, 2.05) is 53.1 Å². The average molecular weight is 743 g/mol. The summed E-state index contributed by atoms with van der Waals surface area (Å²) in [7, 11) is -1.95. The number of esters is 1. The molecule has 1 aliphatic carbocycles. The molecule has 3 aromatic carbocycles. The number of nitrogens with zero attached hydrogens (tertiary/aromatic N) is 4. The number of hydrogen-bond acceptors (Lipinski definition) is 8. The lowest BCUT2D eigenvalue weighted by atomic mass is 9.82. The van der Waals surface area contributed by atoms with Gasteiger partial charge in [0.15, 0.2) is 0 Å². The number of hydrogen-bond donors (Lipinski definition) is 1. The van der Waals surface area contributed by atoms with Crippen LogP contribution >= 0.6 is 0 Å². The van der Waals surface area contributed by atoms with Crippen molar-refractivity contribution in [2.24, 2.45) is 0 Å². The molecule has 3 aliphatic rings. The number of carboxylic acids is 1. The van der Waals surface area contributed by atoms with E-state index < -0.39 is 22.0 Å². The predicted molar refractivity (Wildman–Crippen MR) is 203 cm³/mol. The molecule has 3 fully saturated rings. The molecule has 0 atom stereocenters. The number of fused-ring (bicyclic) bond motifs is 1. The second-order valence-corrected chi connectivity index (χ2v) is 16.2. The lowest BCUT2D eigenvalue weighted by Gasteiger charge is -2.36. The minimum Gasteiger partial charge on any atom is -0.489 e. The number of aliphatic carboxylic acids is 1. The van der Waals surface area contributed by atoms with Crippen molar-refractivity contribution in [1.82, 2.24) is 8.87 Å². The fourth-order valence-corrected chi connectivity index (χ4v) is 9.08. The van der Waals surface area contributed by atoms with Gasteiger partial charge in [0.1, 0.15) is 18.9 Å². The molecule has 1 N–H and O–H groups in total. The van der Waals surface area contributed by atoms with E-state index in [0.29, 0.717) is 56.0 Å². The molecule has 0 spiro atoms. The number of ether oxygens (including phenoxy) is 2. The van der Waals surface area contributed by atoms with Gasteiger partial charge in [-0.25, -0.2) is 13.2 Å². The molecule has 3 heterocycles. The molecule has 53 heavy (non-hydrogen) atoms. The zero-order chi connectivity index (χ0) is 37.3. The minimum atomic E-state index is -3.28. The van der Waals surface area contributed by atoms with Gasteiger partial charge in [-0.2, -0.15) is 4.31 Å². The van der Waals surface area contributed by atoms with Crippen molar-refractivity contribution < 1.29 is 37.4 Å². The van der Waals surface area contributed by atoms with Gasteiger partial charge in [0, 0.05) is 61.5 Å². The smallest absolute Gasteiger partial charge is 0.337 e. The Hall–Kier alpha value is -4.88. The third kappa shape index (κ3) is 7.63. The molecule has 0 unspecified atom stereocenters. The van der Waals surface area contributed by atoms with Crippen molar-refractivity contribution >= 4 is 50.1 Å². The molecule has 280 valence electrons. The number of rotatable bonds is 11.